The van der Waals surface area contributed by atoms with Gasteiger partial charge in [0.05, 0.1) is 17.8 Å². The molecule has 3 aliphatic heterocycles. The quantitative estimate of drug-likeness (QED) is 0.0466. The van der Waals surface area contributed by atoms with Crippen LogP contribution in [0.25, 0.3) is 12.2 Å². The van der Waals surface area contributed by atoms with E-state index in [0.29, 0.717) is 67.1 Å². The van der Waals surface area contributed by atoms with Crippen LogP contribution < -0.4 is 56.8 Å². The van der Waals surface area contributed by atoms with Crippen LogP contribution in [0.5, 0.6) is 69.0 Å². The Morgan fingerprint density at radius 3 is 0.842 bits per heavy atom. The molecule has 0 radical (unpaired) electrons. The lowest BCUT2D eigenvalue weighted by atomic mass is 9.80. The highest BCUT2D eigenvalue weighted by molar-refractivity contribution is 5.79. The molecule has 21 nitrogen and oxygen atoms in total. The van der Waals surface area contributed by atoms with Crippen molar-refractivity contribution >= 4 is 65.9 Å². The lowest BCUT2D eigenvalue weighted by Crippen LogP contribution is -2.15. The molecule has 3 aliphatic rings. The molecule has 6 atom stereocenters. The zero-order chi connectivity index (χ0) is 67.5. The van der Waals surface area contributed by atoms with Gasteiger partial charge in [0, 0.05) is 85.1 Å². The molecule has 11 rings (SSSR count). The normalized spacial score (nSPS) is 17.1. The molecule has 0 spiro atoms. The topological polar surface area (TPSA) is 264 Å². The number of esters is 9. The van der Waals surface area contributed by atoms with E-state index < -0.39 is 89.8 Å². The van der Waals surface area contributed by atoms with E-state index >= 15 is 0 Å². The third-order valence-electron chi connectivity index (χ3n) is 15.3. The van der Waals surface area contributed by atoms with Crippen molar-refractivity contribution in [3.05, 3.63) is 213 Å². The fourth-order valence-corrected chi connectivity index (χ4v) is 12.0. The van der Waals surface area contributed by atoms with Gasteiger partial charge in [0.15, 0.2) is 0 Å². The van der Waals surface area contributed by atoms with Crippen molar-refractivity contribution in [1.82, 2.24) is 0 Å². The van der Waals surface area contributed by atoms with Crippen LogP contribution in [0.4, 0.5) is 0 Å². The molecule has 482 valence electrons. The van der Waals surface area contributed by atoms with Crippen LogP contribution >= 0.6 is 0 Å². The Morgan fingerprint density at radius 1 is 0.263 bits per heavy atom. The Kier molecular flexibility index (Phi) is 18.5. The maximum atomic E-state index is 13.7. The summed E-state index contributed by atoms with van der Waals surface area (Å²) < 4.78 is 72.3. The molecule has 0 fully saturated rings. The third kappa shape index (κ3) is 14.7. The Labute approximate surface area is 543 Å². The van der Waals surface area contributed by atoms with Gasteiger partial charge in [0.1, 0.15) is 87.3 Å². The van der Waals surface area contributed by atoms with Crippen molar-refractivity contribution in [3.8, 4) is 69.0 Å². The largest absolute Gasteiger partial charge is 0.484 e. The molecule has 0 saturated heterocycles. The number of rotatable bonds is 17. The third-order valence-corrected chi connectivity index (χ3v) is 15.3. The average molecular weight is 1290 g/mol. The second-order valence-electron chi connectivity index (χ2n) is 22.5. The van der Waals surface area contributed by atoms with E-state index in [1.54, 1.807) is 152 Å². The Balaban J connectivity index is 1.12. The first kappa shape index (κ1) is 64.7. The second kappa shape index (κ2) is 27.1. The highest BCUT2D eigenvalue weighted by atomic mass is 16.6. The summed E-state index contributed by atoms with van der Waals surface area (Å²) in [4.78, 5) is 113. The summed E-state index contributed by atoms with van der Waals surface area (Å²) in [5.41, 5.74) is 5.37. The Morgan fingerprint density at radius 2 is 0.526 bits per heavy atom. The van der Waals surface area contributed by atoms with Crippen molar-refractivity contribution in [2.24, 2.45) is 0 Å². The molecule has 0 amide bonds. The monoisotopic (exact) mass is 1280 g/mol. The first-order valence-corrected chi connectivity index (χ1v) is 29.8. The second-order valence-corrected chi connectivity index (χ2v) is 22.5. The van der Waals surface area contributed by atoms with Gasteiger partial charge < -0.3 is 56.8 Å². The molecule has 95 heavy (non-hydrogen) atoms. The summed E-state index contributed by atoms with van der Waals surface area (Å²) in [5, 5.41) is 0. The Hall–Kier alpha value is -11.9. The minimum Gasteiger partial charge on any atom is -0.484 e. The number of carbonyl (C=O) groups excluding carboxylic acids is 9. The molecule has 0 bridgehead atoms. The highest BCUT2D eigenvalue weighted by Crippen LogP contribution is 2.61. The van der Waals surface area contributed by atoms with Crippen LogP contribution in [0.15, 0.2) is 152 Å². The van der Waals surface area contributed by atoms with Crippen LogP contribution in [0.1, 0.15) is 160 Å². The lowest BCUT2D eigenvalue weighted by molar-refractivity contribution is -0.133. The molecule has 8 aromatic carbocycles. The number of benzene rings is 8. The maximum Gasteiger partial charge on any atom is 0.308 e. The summed E-state index contributed by atoms with van der Waals surface area (Å²) in [5.74, 6) is -6.27. The molecular weight excluding hydrogens is 1220 g/mol. The summed E-state index contributed by atoms with van der Waals surface area (Å²) in [6.45, 7) is 11.3. The van der Waals surface area contributed by atoms with E-state index in [1.165, 1.54) is 68.4 Å². The summed E-state index contributed by atoms with van der Waals surface area (Å²) in [6, 6.07) is 41.5. The smallest absolute Gasteiger partial charge is 0.308 e. The first-order chi connectivity index (χ1) is 45.4. The van der Waals surface area contributed by atoms with Gasteiger partial charge >= 0.3 is 53.7 Å². The summed E-state index contributed by atoms with van der Waals surface area (Å²) in [7, 11) is 0. The molecule has 0 aliphatic carbocycles. The van der Waals surface area contributed by atoms with Gasteiger partial charge in [0.2, 0.25) is 0 Å². The van der Waals surface area contributed by atoms with E-state index in [4.69, 9.17) is 56.8 Å². The van der Waals surface area contributed by atoms with E-state index in [0.717, 1.165) is 5.56 Å². The van der Waals surface area contributed by atoms with Crippen molar-refractivity contribution in [2.75, 3.05) is 0 Å². The molecule has 0 unspecified atom stereocenters. The SMILES string of the molecule is CC(=O)Oc1ccc(/C=C/c2cc(OC(C)=O)c3c(c2)O[C@H](c2ccc(OC(C)=O)cc2)[C@H]3c2cc(OC(C)=O)c3c(c2)O[C@H](c2ccc(OC(C)=O)cc2)[C@H]3c2cc(OC(C)=O)c3c(c2)O[C@H](c2ccc(OC(C)=O)cc2)[C@H]3c2cc(OC(C)=O)cc(OC(C)=O)c2)cc1. The number of fused-ring (bicyclic) bond motifs is 3. The molecule has 0 saturated carbocycles. The predicted octanol–water partition coefficient (Wildman–Crippen LogP) is 13.0. The minimum absolute atomic E-state index is 0.00989. The van der Waals surface area contributed by atoms with Crippen molar-refractivity contribution in [1.29, 1.82) is 0 Å². The first-order valence-electron chi connectivity index (χ1n) is 29.8. The Bertz CT molecular complexity index is 4420. The summed E-state index contributed by atoms with van der Waals surface area (Å²) >= 11 is 0. The zero-order valence-electron chi connectivity index (χ0n) is 52.6. The average Bonchev–Trinajstić information content (AvgIpc) is 1.59. The van der Waals surface area contributed by atoms with Gasteiger partial charge in [-0.1, -0.05) is 60.7 Å². The van der Waals surface area contributed by atoms with Crippen LogP contribution in [-0.2, 0) is 43.2 Å². The maximum absolute atomic E-state index is 13.7. The van der Waals surface area contributed by atoms with E-state index in [-0.39, 0.29) is 57.5 Å². The van der Waals surface area contributed by atoms with Gasteiger partial charge in [-0.25, -0.2) is 0 Å². The van der Waals surface area contributed by atoms with E-state index in [9.17, 15) is 43.2 Å². The van der Waals surface area contributed by atoms with Gasteiger partial charge in [-0.3, -0.25) is 43.2 Å². The number of hydrogen-bond acceptors (Lipinski definition) is 21. The van der Waals surface area contributed by atoms with E-state index in [1.807, 2.05) is 6.08 Å². The van der Waals surface area contributed by atoms with Gasteiger partial charge in [0.25, 0.3) is 0 Å². The van der Waals surface area contributed by atoms with Crippen molar-refractivity contribution < 1.29 is 100.0 Å². The molecule has 21 heteroatoms. The van der Waals surface area contributed by atoms with Gasteiger partial charge in [-0.15, -0.1) is 0 Å². The van der Waals surface area contributed by atoms with E-state index in [2.05, 4.69) is 0 Å². The number of carbonyl (C=O) groups is 9. The predicted molar refractivity (Wildman–Crippen MR) is 338 cm³/mol. The molecule has 3 heterocycles. The fourth-order valence-electron chi connectivity index (χ4n) is 12.0. The standard InChI is InChI=1S/C74H60O21/c1-37(75)84-54-20-12-46(13-21-54)10-11-47-28-60(90-43(7)81)69-61(29-47)93-73(49-16-24-56(25-17-49)86-39(3)77)67(69)52-32-63(92-45(9)83)71-65(34-52)95-74(50-18-26-57(27-19-50)87-40(4)78)68(71)53-33-62(91-44(8)82)70-64(35-53)94-72(48-14-22-55(23-15-48)85-38(2)76)66(70)51-30-58(88-41(5)79)36-59(31-51)89-42(6)80/h10-36,66-68,72-74H,1-9H3/b11-10+/t66-,67-,68-,72+,73+,74+/m0/s1. The molecular formula is C74H60O21. The van der Waals surface area contributed by atoms with Crippen LogP contribution in [0.2, 0.25) is 0 Å². The lowest BCUT2D eigenvalue weighted by Gasteiger charge is -2.24. The minimum atomic E-state index is -1.02. The number of hydrogen-bond donors (Lipinski definition) is 0. The zero-order valence-corrected chi connectivity index (χ0v) is 52.6. The molecule has 8 aromatic rings. The van der Waals surface area contributed by atoms with Crippen molar-refractivity contribution in [3.63, 3.8) is 0 Å². The molecule has 0 N–H and O–H groups in total. The fraction of sp³-hybridized carbons (Fsp3) is 0.203. The molecule has 0 aromatic heterocycles. The summed E-state index contributed by atoms with van der Waals surface area (Å²) in [6.07, 6.45) is 0.698. The highest BCUT2D eigenvalue weighted by Gasteiger charge is 2.47. The van der Waals surface area contributed by atoms with Crippen LogP contribution in [0, 0.1) is 0 Å². The van der Waals surface area contributed by atoms with Gasteiger partial charge in [-0.05, 0) is 142 Å². The van der Waals surface area contributed by atoms with Gasteiger partial charge in [-0.2, -0.15) is 0 Å². The van der Waals surface area contributed by atoms with Crippen molar-refractivity contribution in [2.45, 2.75) is 98.4 Å². The van der Waals surface area contributed by atoms with Crippen LogP contribution in [0.3, 0.4) is 0 Å². The van der Waals surface area contributed by atoms with Crippen LogP contribution in [-0.4, -0.2) is 53.7 Å². The number of ether oxygens (including phenoxy) is 12.